The van der Waals surface area contributed by atoms with Gasteiger partial charge >= 0.3 is 0 Å². The number of fused-ring (bicyclic) bond motifs is 3. The van der Waals surface area contributed by atoms with Gasteiger partial charge < -0.3 is 10.1 Å². The van der Waals surface area contributed by atoms with Gasteiger partial charge in [-0.15, -0.1) is 11.3 Å². The van der Waals surface area contributed by atoms with Gasteiger partial charge in [0.25, 0.3) is 5.91 Å². The van der Waals surface area contributed by atoms with Gasteiger partial charge in [0.15, 0.2) is 0 Å². The third-order valence-corrected chi connectivity index (χ3v) is 4.78. The molecule has 3 nitrogen and oxygen atoms in total. The Balaban J connectivity index is 2.14. The molecule has 98 valence electrons. The van der Waals surface area contributed by atoms with Gasteiger partial charge in [-0.2, -0.15) is 0 Å². The molecular formula is C14H12BrNO2S. The molecule has 0 fully saturated rings. The summed E-state index contributed by atoms with van der Waals surface area (Å²) in [5.41, 5.74) is 2.25. The predicted octanol–water partition coefficient (Wildman–Crippen LogP) is 3.47. The Morgan fingerprint density at radius 2 is 2.26 bits per heavy atom. The molecule has 0 saturated heterocycles. The van der Waals surface area contributed by atoms with Crippen LogP contribution in [0.2, 0.25) is 0 Å². The first-order valence-corrected chi connectivity index (χ1v) is 7.57. The zero-order valence-electron chi connectivity index (χ0n) is 10.3. The van der Waals surface area contributed by atoms with Gasteiger partial charge in [0.1, 0.15) is 5.75 Å². The number of thiophene rings is 1. The summed E-state index contributed by atoms with van der Waals surface area (Å²) >= 11 is 4.98. The van der Waals surface area contributed by atoms with Gasteiger partial charge in [0.05, 0.1) is 11.5 Å². The topological polar surface area (TPSA) is 38.3 Å². The van der Waals surface area contributed by atoms with Crippen LogP contribution in [0.4, 0.5) is 0 Å². The molecule has 0 atom stereocenters. The fraction of sp³-hybridized carbons (Fsp3) is 0.214. The second-order valence-electron chi connectivity index (χ2n) is 4.28. The number of nitrogens with one attached hydrogen (secondary N) is 1. The van der Waals surface area contributed by atoms with Crippen LogP contribution in [0.1, 0.15) is 15.2 Å². The van der Waals surface area contributed by atoms with Crippen LogP contribution >= 0.6 is 27.3 Å². The molecule has 0 bridgehead atoms. The second-order valence-corrected chi connectivity index (χ2v) is 6.25. The van der Waals surface area contributed by atoms with Gasteiger partial charge in [-0.1, -0.05) is 15.9 Å². The van der Waals surface area contributed by atoms with E-state index in [4.69, 9.17) is 4.74 Å². The first-order valence-electron chi connectivity index (χ1n) is 5.96. The highest BCUT2D eigenvalue weighted by molar-refractivity contribution is 9.10. The maximum atomic E-state index is 11.7. The maximum absolute atomic E-state index is 11.7. The highest BCUT2D eigenvalue weighted by Crippen LogP contribution is 2.41. The molecule has 1 aromatic heterocycles. The van der Waals surface area contributed by atoms with Crippen molar-refractivity contribution in [2.45, 2.75) is 6.42 Å². The molecule has 2 heterocycles. The number of rotatable bonds is 1. The molecule has 3 rings (SSSR count). The third kappa shape index (κ3) is 2.28. The van der Waals surface area contributed by atoms with Gasteiger partial charge in [-0.25, -0.2) is 0 Å². The smallest absolute Gasteiger partial charge is 0.261 e. The lowest BCUT2D eigenvalue weighted by molar-refractivity contribution is 0.0967. The molecule has 1 amide bonds. The Bertz CT molecular complexity index is 651. The Morgan fingerprint density at radius 1 is 1.42 bits per heavy atom. The molecule has 19 heavy (non-hydrogen) atoms. The average molecular weight is 338 g/mol. The van der Waals surface area contributed by atoms with Crippen LogP contribution in [0, 0.1) is 0 Å². The van der Waals surface area contributed by atoms with Crippen LogP contribution in [0.15, 0.2) is 28.7 Å². The summed E-state index contributed by atoms with van der Waals surface area (Å²) in [4.78, 5) is 13.6. The Labute approximate surface area is 123 Å². The number of benzene rings is 1. The van der Waals surface area contributed by atoms with Crippen LogP contribution in [-0.4, -0.2) is 19.6 Å². The zero-order valence-corrected chi connectivity index (χ0v) is 12.7. The number of ether oxygens (including phenoxy) is 1. The van der Waals surface area contributed by atoms with Gasteiger partial charge in [0.2, 0.25) is 0 Å². The molecule has 1 aliphatic rings. The summed E-state index contributed by atoms with van der Waals surface area (Å²) in [6.07, 6.45) is 0.828. The molecule has 1 N–H and O–H groups in total. The van der Waals surface area contributed by atoms with Crippen LogP contribution in [0.5, 0.6) is 5.75 Å². The van der Waals surface area contributed by atoms with E-state index in [1.807, 2.05) is 24.3 Å². The van der Waals surface area contributed by atoms with E-state index >= 15 is 0 Å². The fourth-order valence-corrected chi connectivity index (χ4v) is 3.68. The van der Waals surface area contributed by atoms with Crippen LogP contribution in [0.3, 0.4) is 0 Å². The van der Waals surface area contributed by atoms with Crippen molar-refractivity contribution < 1.29 is 9.53 Å². The summed E-state index contributed by atoms with van der Waals surface area (Å²) in [6.45, 7) is 0.639. The number of carbonyl (C=O) groups excluding carboxylic acids is 1. The van der Waals surface area contributed by atoms with Crippen LogP contribution in [0.25, 0.3) is 10.4 Å². The SMILES string of the molecule is CNC(=O)c1cc2c(s1)-c1ccc(Br)cc1OCC2. The summed E-state index contributed by atoms with van der Waals surface area (Å²) in [7, 11) is 1.65. The predicted molar refractivity (Wildman–Crippen MR) is 80.0 cm³/mol. The van der Waals surface area contributed by atoms with Crippen LogP contribution < -0.4 is 10.1 Å². The highest BCUT2D eigenvalue weighted by atomic mass is 79.9. The van der Waals surface area contributed by atoms with Crippen molar-refractivity contribution in [1.29, 1.82) is 0 Å². The minimum atomic E-state index is -0.0300. The van der Waals surface area contributed by atoms with Crippen LogP contribution in [-0.2, 0) is 6.42 Å². The van der Waals surface area contributed by atoms with Crippen molar-refractivity contribution in [3.05, 3.63) is 39.2 Å². The standard InChI is InChI=1S/C14H12BrNO2S/c1-16-14(17)12-6-8-4-5-18-11-7-9(15)2-3-10(11)13(8)19-12/h2-3,6-7H,4-5H2,1H3,(H,16,17). The van der Waals surface area contributed by atoms with Crippen molar-refractivity contribution in [2.24, 2.45) is 0 Å². The molecule has 0 aliphatic carbocycles. The van der Waals surface area contributed by atoms with E-state index in [1.165, 1.54) is 16.9 Å². The van der Waals surface area contributed by atoms with Crippen molar-refractivity contribution in [2.75, 3.05) is 13.7 Å². The number of halogens is 1. The zero-order chi connectivity index (χ0) is 13.4. The molecule has 1 aromatic carbocycles. The molecule has 5 heteroatoms. The normalized spacial score (nSPS) is 12.9. The van der Waals surface area contributed by atoms with Crippen molar-refractivity contribution >= 4 is 33.2 Å². The molecule has 0 unspecified atom stereocenters. The molecule has 0 saturated carbocycles. The lowest BCUT2D eigenvalue weighted by Crippen LogP contribution is -2.16. The highest BCUT2D eigenvalue weighted by Gasteiger charge is 2.20. The van der Waals surface area contributed by atoms with Gasteiger partial charge in [0, 0.05) is 28.4 Å². The third-order valence-electron chi connectivity index (χ3n) is 3.08. The van der Waals surface area contributed by atoms with E-state index in [9.17, 15) is 4.79 Å². The minimum Gasteiger partial charge on any atom is -0.493 e. The second kappa shape index (κ2) is 4.98. The van der Waals surface area contributed by atoms with E-state index in [0.717, 1.165) is 32.0 Å². The fourth-order valence-electron chi connectivity index (χ4n) is 2.15. The summed E-state index contributed by atoms with van der Waals surface area (Å²) in [6, 6.07) is 7.98. The summed E-state index contributed by atoms with van der Waals surface area (Å²) in [5.74, 6) is 0.844. The largest absolute Gasteiger partial charge is 0.493 e. The maximum Gasteiger partial charge on any atom is 0.261 e. The van der Waals surface area contributed by atoms with Crippen molar-refractivity contribution in [3.8, 4) is 16.2 Å². The quantitative estimate of drug-likeness (QED) is 0.865. The Morgan fingerprint density at radius 3 is 3.05 bits per heavy atom. The number of carbonyl (C=O) groups is 1. The van der Waals surface area contributed by atoms with Crippen molar-refractivity contribution in [1.82, 2.24) is 5.32 Å². The van der Waals surface area contributed by atoms with Gasteiger partial charge in [-0.3, -0.25) is 4.79 Å². The lowest BCUT2D eigenvalue weighted by Gasteiger charge is -2.07. The minimum absolute atomic E-state index is 0.0300. The van der Waals surface area contributed by atoms with E-state index in [-0.39, 0.29) is 5.91 Å². The van der Waals surface area contributed by atoms with E-state index in [1.54, 1.807) is 7.05 Å². The Kier molecular flexibility index (Phi) is 3.33. The van der Waals surface area contributed by atoms with Gasteiger partial charge in [-0.05, 0) is 29.8 Å². The summed E-state index contributed by atoms with van der Waals surface area (Å²) < 4.78 is 6.77. The first kappa shape index (κ1) is 12.7. The molecule has 0 radical (unpaired) electrons. The number of hydrogen-bond donors (Lipinski definition) is 1. The average Bonchev–Trinajstić information content (AvgIpc) is 2.75. The number of amides is 1. The first-order chi connectivity index (χ1) is 9.19. The molecule has 1 aliphatic heterocycles. The molecule has 0 spiro atoms. The van der Waals surface area contributed by atoms with E-state index < -0.39 is 0 Å². The van der Waals surface area contributed by atoms with E-state index in [0.29, 0.717) is 6.61 Å². The molecular weight excluding hydrogens is 326 g/mol. The molecule has 2 aromatic rings. The monoisotopic (exact) mass is 337 g/mol. The van der Waals surface area contributed by atoms with E-state index in [2.05, 4.69) is 21.2 Å². The number of hydrogen-bond acceptors (Lipinski definition) is 3. The Hall–Kier alpha value is -1.33. The lowest BCUT2D eigenvalue weighted by atomic mass is 10.1. The summed E-state index contributed by atoms with van der Waals surface area (Å²) in [5, 5.41) is 2.67. The van der Waals surface area contributed by atoms with Crippen molar-refractivity contribution in [3.63, 3.8) is 0 Å².